The number of allylic oxidation sites excluding steroid dienone is 1. The van der Waals surface area contributed by atoms with Gasteiger partial charge in [0.25, 0.3) is 0 Å². The van der Waals surface area contributed by atoms with E-state index in [0.29, 0.717) is 17.1 Å². The molecule has 0 saturated carbocycles. The molecule has 4 heteroatoms. The van der Waals surface area contributed by atoms with E-state index in [4.69, 9.17) is 9.15 Å². The Hall–Kier alpha value is -1.55. The molecule has 0 saturated heterocycles. The molecule has 0 unspecified atom stereocenters. The van der Waals surface area contributed by atoms with E-state index < -0.39 is 11.7 Å². The third kappa shape index (κ3) is 3.23. The monoisotopic (exact) mass is 252 g/mol. The van der Waals surface area contributed by atoms with Crippen LogP contribution in [0.3, 0.4) is 0 Å². The SMILES string of the molecule is COc1cc(C(C)=C[C@H](C)[C@@H](C)O)oc(=O)c1C. The van der Waals surface area contributed by atoms with Crippen molar-refractivity contribution in [2.45, 2.75) is 33.8 Å². The van der Waals surface area contributed by atoms with Crippen LogP contribution in [0.1, 0.15) is 32.1 Å². The molecule has 1 N–H and O–H groups in total. The van der Waals surface area contributed by atoms with Crippen LogP contribution in [0, 0.1) is 12.8 Å². The summed E-state index contributed by atoms with van der Waals surface area (Å²) >= 11 is 0. The predicted molar refractivity (Wildman–Crippen MR) is 70.8 cm³/mol. The quantitative estimate of drug-likeness (QED) is 0.893. The number of ether oxygens (including phenoxy) is 1. The first-order chi connectivity index (χ1) is 8.36. The summed E-state index contributed by atoms with van der Waals surface area (Å²) in [5, 5.41) is 9.45. The molecule has 18 heavy (non-hydrogen) atoms. The molecule has 0 spiro atoms. The zero-order valence-electron chi connectivity index (χ0n) is 11.5. The molecule has 1 aromatic rings. The Balaban J connectivity index is 3.18. The predicted octanol–water partition coefficient (Wildman–Crippen LogP) is 2.38. The smallest absolute Gasteiger partial charge is 0.342 e. The van der Waals surface area contributed by atoms with Crippen molar-refractivity contribution in [2.24, 2.45) is 5.92 Å². The van der Waals surface area contributed by atoms with Gasteiger partial charge in [-0.05, 0) is 26.3 Å². The summed E-state index contributed by atoms with van der Waals surface area (Å²) in [7, 11) is 1.52. The van der Waals surface area contributed by atoms with Crippen LogP contribution in [0.4, 0.5) is 0 Å². The van der Waals surface area contributed by atoms with E-state index in [1.165, 1.54) is 7.11 Å². The van der Waals surface area contributed by atoms with E-state index in [9.17, 15) is 9.90 Å². The lowest BCUT2D eigenvalue weighted by molar-refractivity contribution is 0.157. The summed E-state index contributed by atoms with van der Waals surface area (Å²) in [6.45, 7) is 7.12. The first-order valence-electron chi connectivity index (χ1n) is 5.92. The van der Waals surface area contributed by atoms with E-state index in [0.717, 1.165) is 5.57 Å². The fraction of sp³-hybridized carbons (Fsp3) is 0.500. The molecule has 1 rings (SSSR count). The molecule has 1 heterocycles. The second-order valence-corrected chi connectivity index (χ2v) is 4.54. The first-order valence-corrected chi connectivity index (χ1v) is 5.92. The highest BCUT2D eigenvalue weighted by Crippen LogP contribution is 2.22. The minimum absolute atomic E-state index is 0.0115. The Morgan fingerprint density at radius 1 is 1.50 bits per heavy atom. The fourth-order valence-corrected chi connectivity index (χ4v) is 1.56. The van der Waals surface area contributed by atoms with Gasteiger partial charge in [-0.1, -0.05) is 13.0 Å². The van der Waals surface area contributed by atoms with Crippen LogP contribution in [-0.4, -0.2) is 18.3 Å². The summed E-state index contributed by atoms with van der Waals surface area (Å²) in [6, 6.07) is 1.69. The lowest BCUT2D eigenvalue weighted by atomic mass is 10.0. The second-order valence-electron chi connectivity index (χ2n) is 4.54. The van der Waals surface area contributed by atoms with Gasteiger partial charge in [-0.2, -0.15) is 0 Å². The summed E-state index contributed by atoms with van der Waals surface area (Å²) < 4.78 is 10.3. The van der Waals surface area contributed by atoms with Crippen molar-refractivity contribution in [3.05, 3.63) is 33.9 Å². The van der Waals surface area contributed by atoms with Crippen LogP contribution in [0.2, 0.25) is 0 Å². The van der Waals surface area contributed by atoms with Crippen molar-refractivity contribution in [3.8, 4) is 5.75 Å². The Morgan fingerprint density at radius 2 is 2.11 bits per heavy atom. The molecule has 2 atom stereocenters. The molecule has 0 aliphatic heterocycles. The fourth-order valence-electron chi connectivity index (χ4n) is 1.56. The van der Waals surface area contributed by atoms with Crippen molar-refractivity contribution >= 4 is 5.57 Å². The maximum atomic E-state index is 11.6. The molecular formula is C14H20O4. The average molecular weight is 252 g/mol. The largest absolute Gasteiger partial charge is 0.496 e. The van der Waals surface area contributed by atoms with Gasteiger partial charge >= 0.3 is 5.63 Å². The van der Waals surface area contributed by atoms with E-state index >= 15 is 0 Å². The molecule has 0 fully saturated rings. The van der Waals surface area contributed by atoms with Crippen LogP contribution < -0.4 is 10.4 Å². The van der Waals surface area contributed by atoms with Gasteiger partial charge in [-0.25, -0.2) is 4.79 Å². The number of rotatable bonds is 4. The maximum absolute atomic E-state index is 11.6. The molecule has 0 amide bonds. The van der Waals surface area contributed by atoms with Gasteiger partial charge in [0, 0.05) is 12.0 Å². The van der Waals surface area contributed by atoms with Crippen LogP contribution in [0.25, 0.3) is 5.57 Å². The number of aliphatic hydroxyl groups excluding tert-OH is 1. The molecule has 100 valence electrons. The van der Waals surface area contributed by atoms with Crippen molar-refractivity contribution in [1.82, 2.24) is 0 Å². The molecule has 4 nitrogen and oxygen atoms in total. The van der Waals surface area contributed by atoms with Gasteiger partial charge in [0.15, 0.2) is 0 Å². The van der Waals surface area contributed by atoms with Crippen LogP contribution in [0.5, 0.6) is 5.75 Å². The molecule has 0 bridgehead atoms. The third-order valence-corrected chi connectivity index (χ3v) is 3.02. The summed E-state index contributed by atoms with van der Waals surface area (Å²) in [5.41, 5.74) is 0.859. The number of hydrogen-bond donors (Lipinski definition) is 1. The van der Waals surface area contributed by atoms with Crippen LogP contribution in [-0.2, 0) is 0 Å². The van der Waals surface area contributed by atoms with Crippen molar-refractivity contribution in [3.63, 3.8) is 0 Å². The highest BCUT2D eigenvalue weighted by atomic mass is 16.5. The van der Waals surface area contributed by atoms with E-state index in [-0.39, 0.29) is 5.92 Å². The Morgan fingerprint density at radius 3 is 2.61 bits per heavy atom. The highest BCUT2D eigenvalue weighted by molar-refractivity contribution is 5.60. The Kier molecular flexibility index (Phi) is 4.73. The Bertz CT molecular complexity index is 497. The number of aliphatic hydroxyl groups is 1. The maximum Gasteiger partial charge on any atom is 0.342 e. The normalized spacial score (nSPS) is 15.3. The average Bonchev–Trinajstić information content (AvgIpc) is 2.32. The standard InChI is InChI=1S/C14H20O4/c1-8(11(4)15)6-9(2)12-7-13(17-5)10(3)14(16)18-12/h6-8,11,15H,1-5H3/t8-,11+/m0/s1. The lowest BCUT2D eigenvalue weighted by Crippen LogP contribution is -2.11. The van der Waals surface area contributed by atoms with Gasteiger partial charge in [-0.3, -0.25) is 0 Å². The van der Waals surface area contributed by atoms with Crippen molar-refractivity contribution < 1.29 is 14.3 Å². The molecule has 0 aromatic carbocycles. The lowest BCUT2D eigenvalue weighted by Gasteiger charge is -2.11. The molecule has 0 aliphatic carbocycles. The minimum Gasteiger partial charge on any atom is -0.496 e. The summed E-state index contributed by atoms with van der Waals surface area (Å²) in [4.78, 5) is 11.6. The zero-order valence-corrected chi connectivity index (χ0v) is 11.5. The Labute approximate surface area is 107 Å². The number of hydrogen-bond acceptors (Lipinski definition) is 4. The van der Waals surface area contributed by atoms with Crippen molar-refractivity contribution in [2.75, 3.05) is 7.11 Å². The van der Waals surface area contributed by atoms with Gasteiger partial charge in [0.2, 0.25) is 0 Å². The van der Waals surface area contributed by atoms with Gasteiger partial charge in [0.1, 0.15) is 11.5 Å². The molecular weight excluding hydrogens is 232 g/mol. The first kappa shape index (κ1) is 14.5. The summed E-state index contributed by atoms with van der Waals surface area (Å²) in [5.74, 6) is 0.969. The van der Waals surface area contributed by atoms with Gasteiger partial charge < -0.3 is 14.3 Å². The molecule has 1 aromatic heterocycles. The van der Waals surface area contributed by atoms with E-state index in [2.05, 4.69) is 0 Å². The van der Waals surface area contributed by atoms with Crippen LogP contribution >= 0.6 is 0 Å². The third-order valence-electron chi connectivity index (χ3n) is 3.02. The van der Waals surface area contributed by atoms with Crippen LogP contribution in [0.15, 0.2) is 21.4 Å². The summed E-state index contributed by atoms with van der Waals surface area (Å²) in [6.07, 6.45) is 1.43. The van der Waals surface area contributed by atoms with Crippen molar-refractivity contribution in [1.29, 1.82) is 0 Å². The van der Waals surface area contributed by atoms with Gasteiger partial charge in [0.05, 0.1) is 18.8 Å². The molecule has 0 aliphatic rings. The van der Waals surface area contributed by atoms with E-state index in [1.54, 1.807) is 19.9 Å². The highest BCUT2D eigenvalue weighted by Gasteiger charge is 2.11. The minimum atomic E-state index is -0.445. The molecule has 0 radical (unpaired) electrons. The van der Waals surface area contributed by atoms with Gasteiger partial charge in [-0.15, -0.1) is 0 Å². The second kappa shape index (κ2) is 5.87. The topological polar surface area (TPSA) is 59.7 Å². The zero-order chi connectivity index (χ0) is 13.9. The van der Waals surface area contributed by atoms with E-state index in [1.807, 2.05) is 19.9 Å². The number of methoxy groups -OCH3 is 1.